The maximum atomic E-state index is 14.2. The van der Waals surface area contributed by atoms with E-state index in [1.807, 2.05) is 48.5 Å². The second-order valence-electron chi connectivity index (χ2n) is 18.8. The van der Waals surface area contributed by atoms with Crippen LogP contribution < -0.4 is 10.6 Å². The van der Waals surface area contributed by atoms with E-state index in [0.29, 0.717) is 88.6 Å². The second-order valence-corrected chi connectivity index (χ2v) is 19.7. The third-order valence-corrected chi connectivity index (χ3v) is 14.1. The van der Waals surface area contributed by atoms with Crippen LogP contribution in [0.15, 0.2) is 97.1 Å². The molecule has 0 saturated heterocycles. The van der Waals surface area contributed by atoms with E-state index in [4.69, 9.17) is 42.1 Å². The number of nitrogens with zero attached hydrogens (tertiary/aromatic N) is 4. The highest BCUT2D eigenvalue weighted by atomic mass is 35.5. The monoisotopic (exact) mass is 1080 g/mol. The van der Waals surface area contributed by atoms with E-state index in [-0.39, 0.29) is 84.9 Å². The Labute approximate surface area is 454 Å². The molecule has 0 aromatic heterocycles. The summed E-state index contributed by atoms with van der Waals surface area (Å²) in [6, 6.07) is 29.1. The Kier molecular flexibility index (Phi) is 21.0. The van der Waals surface area contributed by atoms with E-state index in [2.05, 4.69) is 10.6 Å². The van der Waals surface area contributed by atoms with Crippen LogP contribution in [0.4, 0.5) is 0 Å². The lowest BCUT2D eigenvalue weighted by atomic mass is 9.98. The Morgan fingerprint density at radius 1 is 0.447 bits per heavy atom. The fraction of sp³-hybridized carbons (Fsp3) is 0.379. The zero-order valence-electron chi connectivity index (χ0n) is 43.6. The van der Waals surface area contributed by atoms with Crippen LogP contribution >= 0.6 is 23.2 Å². The lowest BCUT2D eigenvalue weighted by Gasteiger charge is -2.23. The lowest BCUT2D eigenvalue weighted by Crippen LogP contribution is -2.38. The molecule has 0 bridgehead atoms. The molecule has 16 nitrogen and oxygen atoms in total. The minimum Gasteiger partial charge on any atom is -0.383 e. The van der Waals surface area contributed by atoms with Crippen molar-refractivity contribution in [2.75, 3.05) is 94.1 Å². The number of benzene rings is 5. The largest absolute Gasteiger partial charge is 0.383 e. The lowest BCUT2D eigenvalue weighted by molar-refractivity contribution is -0.131. The molecule has 2 aliphatic heterocycles. The Hall–Kier alpha value is -6.66. The number of rotatable bonds is 26. The van der Waals surface area contributed by atoms with Crippen LogP contribution in [0.3, 0.4) is 0 Å². The van der Waals surface area contributed by atoms with Crippen LogP contribution in [0.1, 0.15) is 85.9 Å². The number of halogens is 2. The van der Waals surface area contributed by atoms with Gasteiger partial charge < -0.3 is 49.2 Å². The Bertz CT molecular complexity index is 2640. The van der Waals surface area contributed by atoms with Gasteiger partial charge in [0.2, 0.25) is 11.8 Å². The summed E-state index contributed by atoms with van der Waals surface area (Å²) in [5.41, 5.74) is 7.57. The number of methoxy groups -OCH3 is 4. The van der Waals surface area contributed by atoms with Crippen molar-refractivity contribution in [3.05, 3.63) is 174 Å². The minimum absolute atomic E-state index is 0.0990. The average Bonchev–Trinajstić information content (AvgIpc) is 4.07. The third kappa shape index (κ3) is 15.3. The van der Waals surface area contributed by atoms with Crippen LogP contribution in [0.25, 0.3) is 0 Å². The van der Waals surface area contributed by atoms with Gasteiger partial charge in [0.05, 0.1) is 61.5 Å². The first kappa shape index (κ1) is 57.1. The number of fused-ring (bicyclic) bond motifs is 2. The van der Waals surface area contributed by atoms with E-state index >= 15 is 0 Å². The van der Waals surface area contributed by atoms with Crippen LogP contribution in [0, 0.1) is 0 Å². The first-order valence-corrected chi connectivity index (χ1v) is 26.1. The Morgan fingerprint density at radius 2 is 0.737 bits per heavy atom. The van der Waals surface area contributed by atoms with Crippen LogP contribution in [-0.4, -0.2) is 149 Å². The molecule has 5 aromatic carbocycles. The molecular formula is C58H66Cl2N6O10. The molecule has 0 aliphatic carbocycles. The zero-order chi connectivity index (χ0) is 54.1. The molecule has 18 heteroatoms. The molecule has 0 spiro atoms. The van der Waals surface area contributed by atoms with Crippen LogP contribution in [0.5, 0.6) is 0 Å². The van der Waals surface area contributed by atoms with Crippen molar-refractivity contribution in [3.63, 3.8) is 0 Å². The quantitative estimate of drug-likeness (QED) is 0.0616. The molecule has 7 rings (SSSR count). The normalized spacial score (nSPS) is 12.6. The third-order valence-electron chi connectivity index (χ3n) is 13.6. The fourth-order valence-electron chi connectivity index (χ4n) is 9.24. The summed E-state index contributed by atoms with van der Waals surface area (Å²) in [5, 5.41) is 7.21. The number of amides is 6. The maximum absolute atomic E-state index is 14.2. The topological polar surface area (TPSA) is 176 Å². The molecule has 2 heterocycles. The molecule has 2 aliphatic rings. The van der Waals surface area contributed by atoms with E-state index in [9.17, 15) is 28.8 Å². The number of ether oxygens (including phenoxy) is 4. The van der Waals surface area contributed by atoms with Crippen LogP contribution in [-0.2, 0) is 80.4 Å². The average molecular weight is 1080 g/mol. The summed E-state index contributed by atoms with van der Waals surface area (Å²) in [6.45, 7) is 4.08. The van der Waals surface area contributed by atoms with E-state index < -0.39 is 11.8 Å². The van der Waals surface area contributed by atoms with Crippen molar-refractivity contribution in [2.24, 2.45) is 0 Å². The molecule has 0 saturated carbocycles. The van der Waals surface area contributed by atoms with Gasteiger partial charge in [0.1, 0.15) is 0 Å². The molecule has 0 unspecified atom stereocenters. The van der Waals surface area contributed by atoms with Crippen molar-refractivity contribution in [1.29, 1.82) is 0 Å². The first-order chi connectivity index (χ1) is 36.8. The zero-order valence-corrected chi connectivity index (χ0v) is 45.1. The van der Waals surface area contributed by atoms with Gasteiger partial charge in [-0.3, -0.25) is 28.8 Å². The van der Waals surface area contributed by atoms with Gasteiger partial charge in [0.15, 0.2) is 0 Å². The van der Waals surface area contributed by atoms with Gasteiger partial charge in [-0.15, -0.1) is 0 Å². The Balaban J connectivity index is 1.000. The van der Waals surface area contributed by atoms with Gasteiger partial charge in [-0.1, -0.05) is 71.7 Å². The van der Waals surface area contributed by atoms with Crippen molar-refractivity contribution in [1.82, 2.24) is 30.2 Å². The van der Waals surface area contributed by atoms with E-state index in [0.717, 1.165) is 44.5 Å². The highest BCUT2D eigenvalue weighted by Gasteiger charge is 2.32. The highest BCUT2D eigenvalue weighted by molar-refractivity contribution is 6.30. The fourth-order valence-corrected chi connectivity index (χ4v) is 9.49. The molecule has 0 radical (unpaired) electrons. The smallest absolute Gasteiger partial charge is 0.254 e. The molecule has 5 aromatic rings. The van der Waals surface area contributed by atoms with Crippen molar-refractivity contribution >= 4 is 58.6 Å². The molecule has 0 atom stereocenters. The molecule has 76 heavy (non-hydrogen) atoms. The summed E-state index contributed by atoms with van der Waals surface area (Å²) in [6.07, 6.45) is 1.32. The Morgan fingerprint density at radius 3 is 1.04 bits per heavy atom. The first-order valence-electron chi connectivity index (χ1n) is 25.3. The van der Waals surface area contributed by atoms with Gasteiger partial charge in [-0.05, 0) is 106 Å². The van der Waals surface area contributed by atoms with Crippen molar-refractivity contribution in [3.8, 4) is 0 Å². The predicted molar refractivity (Wildman–Crippen MR) is 290 cm³/mol. The van der Waals surface area contributed by atoms with Gasteiger partial charge in [0, 0.05) is 104 Å². The van der Waals surface area contributed by atoms with Gasteiger partial charge in [-0.2, -0.15) is 0 Å². The molecule has 0 fully saturated rings. The second kappa shape index (κ2) is 27.9. The molecule has 402 valence electrons. The predicted octanol–water partition coefficient (Wildman–Crippen LogP) is 6.58. The highest BCUT2D eigenvalue weighted by Crippen LogP contribution is 2.30. The maximum Gasteiger partial charge on any atom is 0.254 e. The van der Waals surface area contributed by atoms with Crippen molar-refractivity contribution in [2.45, 2.75) is 51.9 Å². The molecule has 2 N–H and O–H groups in total. The van der Waals surface area contributed by atoms with Gasteiger partial charge in [0.25, 0.3) is 23.6 Å². The standard InChI is InChI=1S/C58H66Cl2N6O10/c1-73-25-21-63(22-26-74-2)57(71)51-33-45-37-65(35-43(45)31-49(51)55(69)61-19-17-39-9-13-47(59)14-10-39)53(67)29-41-5-7-42(8-6-41)30-54(68)66-36-44-32-50(56(70)62-20-18-40-11-15-48(60)16-12-40)52(34-46(44)38-66)58(72)64(23-27-75-3)24-28-76-4/h5-16,31-34H,17-30,35-38H2,1-4H3,(H,61,69)(H,62,70). The number of hydrogen-bond donors (Lipinski definition) is 2. The minimum atomic E-state index is -0.396. The molecular weight excluding hydrogens is 1010 g/mol. The summed E-state index contributed by atoms with van der Waals surface area (Å²) in [5.74, 6) is -1.74. The van der Waals surface area contributed by atoms with E-state index in [1.165, 1.54) is 0 Å². The summed E-state index contributed by atoms with van der Waals surface area (Å²) < 4.78 is 21.1. The number of nitrogens with one attached hydrogen (secondary N) is 2. The summed E-state index contributed by atoms with van der Waals surface area (Å²) in [4.78, 5) is 90.5. The summed E-state index contributed by atoms with van der Waals surface area (Å²) in [7, 11) is 6.24. The van der Waals surface area contributed by atoms with Crippen molar-refractivity contribution < 1.29 is 47.7 Å². The number of carbonyl (C=O) groups is 6. The number of hydrogen-bond acceptors (Lipinski definition) is 10. The number of carbonyl (C=O) groups excluding carboxylic acids is 6. The SMILES string of the molecule is COCCN(CCOC)C(=O)c1cc2c(cc1C(=O)NCCc1ccc(Cl)cc1)CN(C(=O)Cc1ccc(CC(=O)N3Cc4cc(C(=O)NCCc5ccc(Cl)cc5)c(C(=O)N(CCOC)CCOC)cc4C3)cc1)C2. The molecule has 6 amide bonds. The van der Waals surface area contributed by atoms with Crippen LogP contribution in [0.2, 0.25) is 10.0 Å². The summed E-state index contributed by atoms with van der Waals surface area (Å²) >= 11 is 12.1. The van der Waals surface area contributed by atoms with E-state index in [1.54, 1.807) is 96.6 Å². The van der Waals surface area contributed by atoms with Gasteiger partial charge in [-0.25, -0.2) is 0 Å². The van der Waals surface area contributed by atoms with Gasteiger partial charge >= 0.3 is 0 Å².